The number of hydrogen-bond acceptors (Lipinski definition) is 6. The molecule has 2 aromatic heterocycles. The summed E-state index contributed by atoms with van der Waals surface area (Å²) in [4.78, 5) is 40.1. The van der Waals surface area contributed by atoms with Gasteiger partial charge in [0, 0.05) is 78.3 Å². The predicted octanol–water partition coefficient (Wildman–Crippen LogP) is 3.63. The molecule has 5 rings (SSSR count). The van der Waals surface area contributed by atoms with E-state index in [2.05, 4.69) is 46.9 Å². The highest BCUT2D eigenvalue weighted by molar-refractivity contribution is 5.94. The van der Waals surface area contributed by atoms with Crippen LogP contribution in [-0.4, -0.2) is 55.4 Å². The molecular formula is C30H41N9O3. The van der Waals surface area contributed by atoms with Crippen LogP contribution in [0.4, 0.5) is 10.5 Å². The lowest BCUT2D eigenvalue weighted by Gasteiger charge is -2.32. The van der Waals surface area contributed by atoms with Gasteiger partial charge in [-0.25, -0.2) is 4.79 Å². The van der Waals surface area contributed by atoms with E-state index in [1.165, 1.54) is 0 Å². The number of primary amides is 1. The van der Waals surface area contributed by atoms with Crippen LogP contribution in [0.5, 0.6) is 0 Å². The Balaban J connectivity index is 1.22. The van der Waals surface area contributed by atoms with E-state index in [1.54, 1.807) is 4.90 Å². The van der Waals surface area contributed by atoms with Gasteiger partial charge in [0.05, 0.1) is 6.54 Å². The molecule has 0 fully saturated rings. The number of nitrogens with two attached hydrogens (primary N) is 1. The molecule has 0 saturated heterocycles. The number of amides is 4. The first-order chi connectivity index (χ1) is 20.0. The average molecular weight is 576 g/mol. The van der Waals surface area contributed by atoms with Crippen molar-refractivity contribution in [3.05, 3.63) is 63.7 Å². The van der Waals surface area contributed by atoms with Gasteiger partial charge in [0.15, 0.2) is 11.4 Å². The van der Waals surface area contributed by atoms with Crippen LogP contribution in [-0.2, 0) is 19.6 Å². The van der Waals surface area contributed by atoms with Gasteiger partial charge in [0.2, 0.25) is 0 Å². The van der Waals surface area contributed by atoms with Crippen LogP contribution < -0.4 is 21.7 Å². The third-order valence-electron chi connectivity index (χ3n) is 8.00. The summed E-state index contributed by atoms with van der Waals surface area (Å²) < 4.78 is 3.82. The summed E-state index contributed by atoms with van der Waals surface area (Å²) in [7, 11) is 0. The van der Waals surface area contributed by atoms with E-state index < -0.39 is 5.91 Å². The van der Waals surface area contributed by atoms with Gasteiger partial charge in [-0.05, 0) is 45.4 Å². The largest absolute Gasteiger partial charge is 0.364 e. The lowest BCUT2D eigenvalue weighted by atomic mass is 9.96. The molecule has 4 heterocycles. The van der Waals surface area contributed by atoms with Gasteiger partial charge in [-0.3, -0.25) is 19.0 Å². The van der Waals surface area contributed by atoms with Crippen LogP contribution in [0.1, 0.15) is 115 Å². The summed E-state index contributed by atoms with van der Waals surface area (Å²) in [6, 6.07) is 7.33. The Bertz CT molecular complexity index is 1500. The van der Waals surface area contributed by atoms with E-state index in [-0.39, 0.29) is 48.1 Å². The number of urea groups is 1. The smallest absolute Gasteiger partial charge is 0.322 e. The predicted molar refractivity (Wildman–Crippen MR) is 159 cm³/mol. The molecule has 1 aromatic carbocycles. The van der Waals surface area contributed by atoms with Crippen molar-refractivity contribution in [1.29, 1.82) is 0 Å². The summed E-state index contributed by atoms with van der Waals surface area (Å²) in [6.45, 7) is 14.9. The molecular weight excluding hydrogens is 534 g/mol. The first-order valence-corrected chi connectivity index (χ1v) is 14.6. The number of nitrogens with one attached hydrogen (secondary N) is 3. The van der Waals surface area contributed by atoms with Crippen molar-refractivity contribution < 1.29 is 14.4 Å². The summed E-state index contributed by atoms with van der Waals surface area (Å²) in [5, 5.41) is 18.5. The van der Waals surface area contributed by atoms with Gasteiger partial charge in [-0.2, -0.15) is 10.2 Å². The van der Waals surface area contributed by atoms with Crippen LogP contribution in [0.25, 0.3) is 0 Å². The summed E-state index contributed by atoms with van der Waals surface area (Å²) >= 11 is 0. The molecule has 3 aromatic rings. The number of aromatic nitrogens is 4. The fourth-order valence-electron chi connectivity index (χ4n) is 6.02. The third kappa shape index (κ3) is 5.50. The van der Waals surface area contributed by atoms with Crippen LogP contribution in [0.15, 0.2) is 24.3 Å². The maximum Gasteiger partial charge on any atom is 0.322 e. The molecule has 1 unspecified atom stereocenters. The molecule has 0 saturated carbocycles. The fraction of sp³-hybridized carbons (Fsp3) is 0.500. The van der Waals surface area contributed by atoms with Crippen LogP contribution in [0.2, 0.25) is 0 Å². The number of carbonyl (C=O) groups excluding carboxylic acids is 3. The average Bonchev–Trinajstić information content (AvgIpc) is 3.54. The summed E-state index contributed by atoms with van der Waals surface area (Å²) in [5.74, 6) is -0.521. The van der Waals surface area contributed by atoms with Crippen molar-refractivity contribution >= 4 is 23.5 Å². The molecule has 2 aliphatic heterocycles. The van der Waals surface area contributed by atoms with Crippen LogP contribution in [0.3, 0.4) is 0 Å². The lowest BCUT2D eigenvalue weighted by molar-refractivity contribution is 0.0942. The Morgan fingerprint density at radius 3 is 2.19 bits per heavy atom. The minimum atomic E-state index is -0.595. The van der Waals surface area contributed by atoms with Crippen molar-refractivity contribution in [3.63, 3.8) is 0 Å². The Kier molecular flexibility index (Phi) is 8.09. The molecule has 0 radical (unpaired) electrons. The maximum absolute atomic E-state index is 13.2. The van der Waals surface area contributed by atoms with Gasteiger partial charge in [-0.1, -0.05) is 26.0 Å². The fourth-order valence-corrected chi connectivity index (χ4v) is 6.02. The van der Waals surface area contributed by atoms with Crippen molar-refractivity contribution in [2.24, 2.45) is 5.73 Å². The number of nitrogens with zero attached hydrogens (tertiary/aromatic N) is 5. The number of anilines is 1. The molecule has 2 atom stereocenters. The zero-order valence-corrected chi connectivity index (χ0v) is 25.2. The third-order valence-corrected chi connectivity index (χ3v) is 8.00. The second-order valence-corrected chi connectivity index (χ2v) is 12.0. The molecule has 224 valence electrons. The molecule has 5 N–H and O–H groups in total. The molecule has 42 heavy (non-hydrogen) atoms. The van der Waals surface area contributed by atoms with E-state index in [0.29, 0.717) is 36.6 Å². The molecule has 4 amide bonds. The number of fused-ring (bicyclic) bond motifs is 2. The minimum Gasteiger partial charge on any atom is -0.364 e. The van der Waals surface area contributed by atoms with E-state index in [0.717, 1.165) is 29.1 Å². The summed E-state index contributed by atoms with van der Waals surface area (Å²) in [5.41, 5.74) is 11.6. The zero-order valence-electron chi connectivity index (χ0n) is 25.2. The maximum atomic E-state index is 13.2. The molecule has 0 bridgehead atoms. The normalized spacial score (nSPS) is 18.1. The highest BCUT2D eigenvalue weighted by atomic mass is 16.2. The first kappa shape index (κ1) is 29.3. The number of carbonyl (C=O) groups is 3. The summed E-state index contributed by atoms with van der Waals surface area (Å²) in [6.07, 6.45) is 0. The standard InChI is InChI=1S/C30H41N9O3/c1-16(2)38-26-18(5)11-32-13-22(26)25(36-38)29(41)33-12-20-7-9-21(10-8-20)34-30(42)37-14-19(6)27-23(15-37)24(28(31)40)35-39(27)17(3)4/h7-10,16-19,32H,11-15H2,1-6H3,(H2,31,40)(H,33,41)(H,34,42)/t18-,19?/m0/s1. The molecule has 2 aliphatic rings. The van der Waals surface area contributed by atoms with Gasteiger partial charge in [0.1, 0.15) is 0 Å². The lowest BCUT2D eigenvalue weighted by Crippen LogP contribution is -2.41. The van der Waals surface area contributed by atoms with Crippen LogP contribution >= 0.6 is 0 Å². The van der Waals surface area contributed by atoms with E-state index in [1.807, 2.05) is 54.4 Å². The molecule has 0 aliphatic carbocycles. The van der Waals surface area contributed by atoms with Gasteiger partial charge in [-0.15, -0.1) is 0 Å². The second-order valence-electron chi connectivity index (χ2n) is 12.0. The second kappa shape index (κ2) is 11.6. The Labute approximate surface area is 246 Å². The minimum absolute atomic E-state index is 0.00924. The monoisotopic (exact) mass is 575 g/mol. The highest BCUT2D eigenvalue weighted by Crippen LogP contribution is 2.33. The zero-order chi connectivity index (χ0) is 30.3. The highest BCUT2D eigenvalue weighted by Gasteiger charge is 2.34. The van der Waals surface area contributed by atoms with E-state index >= 15 is 0 Å². The van der Waals surface area contributed by atoms with E-state index in [9.17, 15) is 14.4 Å². The number of benzene rings is 1. The quantitative estimate of drug-likeness (QED) is 0.338. The van der Waals surface area contributed by atoms with Gasteiger partial charge < -0.3 is 26.6 Å². The van der Waals surface area contributed by atoms with Crippen molar-refractivity contribution in [3.8, 4) is 0 Å². The first-order valence-electron chi connectivity index (χ1n) is 14.6. The van der Waals surface area contributed by atoms with E-state index in [4.69, 9.17) is 5.73 Å². The SMILES string of the molecule is CC1CN(C(=O)Nc2ccc(CNC(=O)c3nn(C(C)C)c4c3CNC[C@@H]4C)cc2)Cc2c(C(N)=O)nn(C(C)C)c21. The van der Waals surface area contributed by atoms with Crippen molar-refractivity contribution in [2.45, 2.75) is 85.1 Å². The van der Waals surface area contributed by atoms with Gasteiger partial charge >= 0.3 is 6.03 Å². The topological polar surface area (TPSA) is 152 Å². The number of rotatable bonds is 7. The molecule has 12 nitrogen and oxygen atoms in total. The Hall–Kier alpha value is -4.19. The van der Waals surface area contributed by atoms with Gasteiger partial charge in [0.25, 0.3) is 11.8 Å². The number of hydrogen-bond donors (Lipinski definition) is 4. The molecule has 12 heteroatoms. The molecule has 0 spiro atoms. The van der Waals surface area contributed by atoms with Crippen molar-refractivity contribution in [2.75, 3.05) is 18.4 Å². The van der Waals surface area contributed by atoms with Crippen LogP contribution in [0, 0.1) is 0 Å². The Morgan fingerprint density at radius 2 is 1.57 bits per heavy atom. The Morgan fingerprint density at radius 1 is 0.952 bits per heavy atom. The van der Waals surface area contributed by atoms with Crippen molar-refractivity contribution in [1.82, 2.24) is 35.1 Å².